The highest BCUT2D eigenvalue weighted by Crippen LogP contribution is 2.22. The van der Waals surface area contributed by atoms with Crippen LogP contribution < -0.4 is 15.8 Å². The van der Waals surface area contributed by atoms with Gasteiger partial charge in [-0.15, -0.1) is 0 Å². The van der Waals surface area contributed by atoms with E-state index in [1.807, 2.05) is 0 Å². The smallest absolute Gasteiger partial charge is 0.312 e. The summed E-state index contributed by atoms with van der Waals surface area (Å²) >= 11 is 8.81. The first-order valence-corrected chi connectivity index (χ1v) is 7.32. The van der Waals surface area contributed by atoms with Gasteiger partial charge in [-0.1, -0.05) is 11.6 Å². The first-order chi connectivity index (χ1) is 8.33. The lowest BCUT2D eigenvalue weighted by Crippen LogP contribution is -2.37. The molecule has 0 fully saturated rings. The highest BCUT2D eigenvalue weighted by molar-refractivity contribution is 9.10. The van der Waals surface area contributed by atoms with Crippen LogP contribution in [0.25, 0.3) is 0 Å². The van der Waals surface area contributed by atoms with Crippen LogP contribution in [0, 0.1) is 0 Å². The van der Waals surface area contributed by atoms with Gasteiger partial charge in [0.05, 0.1) is 0 Å². The van der Waals surface area contributed by atoms with Crippen LogP contribution in [0.1, 0.15) is 0 Å². The molecule has 4 N–H and O–H groups in total. The Hall–Kier alpha value is -0.900. The summed E-state index contributed by atoms with van der Waals surface area (Å²) in [6.45, 7) is 0.0712. The topological polar surface area (TPSA) is 114 Å². The maximum absolute atomic E-state index is 11.8. The Kier molecular flexibility index (Phi) is 5.32. The summed E-state index contributed by atoms with van der Waals surface area (Å²) < 4.78 is 26.4. The average Bonchev–Trinajstić information content (AvgIpc) is 2.27. The van der Waals surface area contributed by atoms with E-state index in [1.165, 1.54) is 12.3 Å². The average molecular weight is 358 g/mol. The monoisotopic (exact) mass is 356 g/mol. The van der Waals surface area contributed by atoms with E-state index in [-0.39, 0.29) is 23.1 Å². The molecule has 0 atom stereocenters. The van der Waals surface area contributed by atoms with E-state index < -0.39 is 16.1 Å². The van der Waals surface area contributed by atoms with Crippen molar-refractivity contribution in [1.29, 1.82) is 0 Å². The molecule has 0 saturated carbocycles. The molecule has 100 valence electrons. The first kappa shape index (κ1) is 15.2. The predicted molar refractivity (Wildman–Crippen MR) is 69.7 cm³/mol. The van der Waals surface area contributed by atoms with Crippen molar-refractivity contribution in [3.8, 4) is 0 Å². The molecule has 1 heterocycles. The molecule has 1 rings (SSSR count). The maximum atomic E-state index is 11.8. The van der Waals surface area contributed by atoms with Gasteiger partial charge in [0.1, 0.15) is 10.0 Å². The van der Waals surface area contributed by atoms with E-state index in [0.717, 1.165) is 0 Å². The summed E-state index contributed by atoms with van der Waals surface area (Å²) in [6.07, 6.45) is 1.38. The van der Waals surface area contributed by atoms with Crippen molar-refractivity contribution < 1.29 is 13.2 Å². The number of amides is 2. The van der Waals surface area contributed by atoms with Gasteiger partial charge in [-0.25, -0.2) is 22.9 Å². The van der Waals surface area contributed by atoms with Gasteiger partial charge in [0, 0.05) is 23.8 Å². The van der Waals surface area contributed by atoms with Crippen molar-refractivity contribution in [3.05, 3.63) is 21.9 Å². The molecule has 0 aromatic carbocycles. The lowest BCUT2D eigenvalue weighted by molar-refractivity contribution is 0.249. The minimum absolute atomic E-state index is 0.00584. The van der Waals surface area contributed by atoms with E-state index in [1.54, 1.807) is 0 Å². The van der Waals surface area contributed by atoms with E-state index in [4.69, 9.17) is 17.3 Å². The lowest BCUT2D eigenvalue weighted by atomic mass is 10.5. The third-order valence-corrected chi connectivity index (χ3v) is 4.10. The van der Waals surface area contributed by atoms with Gasteiger partial charge in [-0.05, 0) is 22.0 Å². The van der Waals surface area contributed by atoms with Crippen LogP contribution in [0.4, 0.5) is 4.79 Å². The Labute approximate surface area is 117 Å². The number of urea groups is 1. The number of carbonyl (C=O) groups excluding carboxylic acids is 1. The Morgan fingerprint density at radius 2 is 2.17 bits per heavy atom. The summed E-state index contributed by atoms with van der Waals surface area (Å²) in [5.41, 5.74) is 4.83. The number of hydrogen-bond acceptors (Lipinski definition) is 4. The molecule has 18 heavy (non-hydrogen) atoms. The molecule has 2 amide bonds. The first-order valence-electron chi connectivity index (χ1n) is 4.67. The van der Waals surface area contributed by atoms with Crippen molar-refractivity contribution >= 4 is 43.6 Å². The molecule has 0 unspecified atom stereocenters. The number of nitrogens with one attached hydrogen (secondary N) is 2. The van der Waals surface area contributed by atoms with Crippen LogP contribution in [-0.4, -0.2) is 32.5 Å². The second-order valence-corrected chi connectivity index (χ2v) is 6.14. The molecular formula is C8H10BrClN4O3S. The fourth-order valence-corrected chi connectivity index (χ4v) is 3.02. The van der Waals surface area contributed by atoms with Crippen LogP contribution in [0.3, 0.4) is 0 Å². The van der Waals surface area contributed by atoms with Gasteiger partial charge in [0.25, 0.3) is 0 Å². The van der Waals surface area contributed by atoms with Gasteiger partial charge in [-0.3, -0.25) is 0 Å². The van der Waals surface area contributed by atoms with Crippen LogP contribution in [0.15, 0.2) is 21.6 Å². The van der Waals surface area contributed by atoms with Crippen molar-refractivity contribution in [2.24, 2.45) is 5.73 Å². The highest BCUT2D eigenvalue weighted by atomic mass is 79.9. The summed E-state index contributed by atoms with van der Waals surface area (Å²) in [5.74, 6) is 0. The summed E-state index contributed by atoms with van der Waals surface area (Å²) in [6, 6.07) is 0.607. The molecule has 0 saturated heterocycles. The van der Waals surface area contributed by atoms with Crippen molar-refractivity contribution in [1.82, 2.24) is 15.0 Å². The minimum atomic E-state index is -3.78. The SMILES string of the molecule is NC(=O)NCCNS(=O)(=O)c1cc(Br)cnc1Cl. The second-order valence-electron chi connectivity index (χ2n) is 3.13. The van der Waals surface area contributed by atoms with Crippen LogP contribution in [0.2, 0.25) is 5.15 Å². The number of pyridine rings is 1. The molecule has 0 spiro atoms. The summed E-state index contributed by atoms with van der Waals surface area (Å²) in [7, 11) is -3.78. The number of halogens is 2. The molecular weight excluding hydrogens is 348 g/mol. The summed E-state index contributed by atoms with van der Waals surface area (Å²) in [5, 5.41) is 2.12. The maximum Gasteiger partial charge on any atom is 0.312 e. The Bertz CT molecular complexity index is 551. The predicted octanol–water partition coefficient (Wildman–Crippen LogP) is 0.444. The van der Waals surface area contributed by atoms with Crippen LogP contribution in [-0.2, 0) is 10.0 Å². The molecule has 0 aliphatic carbocycles. The lowest BCUT2D eigenvalue weighted by Gasteiger charge is -2.08. The van der Waals surface area contributed by atoms with Crippen molar-refractivity contribution in [2.45, 2.75) is 4.90 Å². The van der Waals surface area contributed by atoms with Gasteiger partial charge in [-0.2, -0.15) is 0 Å². The van der Waals surface area contributed by atoms with Crippen LogP contribution >= 0.6 is 27.5 Å². The zero-order valence-electron chi connectivity index (χ0n) is 8.98. The third kappa shape index (κ3) is 4.41. The number of hydrogen-bond donors (Lipinski definition) is 3. The number of rotatable bonds is 5. The van der Waals surface area contributed by atoms with Gasteiger partial charge >= 0.3 is 6.03 Å². The number of nitrogens with two attached hydrogens (primary N) is 1. The standard InChI is InChI=1S/C8H10BrClN4O3S/c9-5-3-6(7(10)13-4-5)18(16,17)14-2-1-12-8(11)15/h3-4,14H,1-2H2,(H3,11,12,15). The van der Waals surface area contributed by atoms with Gasteiger partial charge in [0.2, 0.25) is 10.0 Å². The fourth-order valence-electron chi connectivity index (χ4n) is 1.04. The largest absolute Gasteiger partial charge is 0.352 e. The molecule has 0 aliphatic rings. The Morgan fingerprint density at radius 3 is 2.78 bits per heavy atom. The van der Waals surface area contributed by atoms with Crippen molar-refractivity contribution in [3.63, 3.8) is 0 Å². The van der Waals surface area contributed by atoms with Gasteiger partial charge < -0.3 is 11.1 Å². The Balaban J connectivity index is 2.74. The summed E-state index contributed by atoms with van der Waals surface area (Å²) in [4.78, 5) is 14.0. The molecule has 0 radical (unpaired) electrons. The molecule has 0 bridgehead atoms. The zero-order chi connectivity index (χ0) is 13.8. The van der Waals surface area contributed by atoms with Crippen LogP contribution in [0.5, 0.6) is 0 Å². The number of sulfonamides is 1. The third-order valence-electron chi connectivity index (χ3n) is 1.78. The van der Waals surface area contributed by atoms with E-state index in [9.17, 15) is 13.2 Å². The quantitative estimate of drug-likeness (QED) is 0.524. The number of primary amides is 1. The molecule has 1 aromatic heterocycles. The molecule has 1 aromatic rings. The number of nitrogens with zero attached hydrogens (tertiary/aromatic N) is 1. The molecule has 0 aliphatic heterocycles. The number of aromatic nitrogens is 1. The van der Waals surface area contributed by atoms with E-state index >= 15 is 0 Å². The fraction of sp³-hybridized carbons (Fsp3) is 0.250. The van der Waals surface area contributed by atoms with E-state index in [2.05, 4.69) is 31.0 Å². The highest BCUT2D eigenvalue weighted by Gasteiger charge is 2.18. The number of carbonyl (C=O) groups is 1. The molecule has 7 nitrogen and oxygen atoms in total. The van der Waals surface area contributed by atoms with Gasteiger partial charge in [0.15, 0.2) is 0 Å². The second kappa shape index (κ2) is 6.32. The minimum Gasteiger partial charge on any atom is -0.352 e. The molecule has 10 heteroatoms. The normalized spacial score (nSPS) is 11.2. The van der Waals surface area contributed by atoms with E-state index in [0.29, 0.717) is 4.47 Å². The zero-order valence-corrected chi connectivity index (χ0v) is 12.1. The Morgan fingerprint density at radius 1 is 1.50 bits per heavy atom. The van der Waals surface area contributed by atoms with Crippen molar-refractivity contribution in [2.75, 3.05) is 13.1 Å².